The third kappa shape index (κ3) is 5.40. The van der Waals surface area contributed by atoms with E-state index in [-0.39, 0.29) is 0 Å². The summed E-state index contributed by atoms with van der Waals surface area (Å²) in [6.07, 6.45) is 5.45. The molecule has 2 N–H and O–H groups in total. The van der Waals surface area contributed by atoms with Crippen LogP contribution in [0, 0.1) is 0 Å². The predicted octanol–water partition coefficient (Wildman–Crippen LogP) is 2.21. The maximum Gasteiger partial charge on any atom is 0.473 e. The van der Waals surface area contributed by atoms with Crippen molar-refractivity contribution in [2.24, 2.45) is 10.7 Å². The highest BCUT2D eigenvalue weighted by molar-refractivity contribution is 7.52. The van der Waals surface area contributed by atoms with Crippen LogP contribution < -0.4 is 5.90 Å². The standard InChI is InChI=1S/C12H27N4O3P/c1-4-5-6-7-8-11-18-20(17,19-13)14-12-15(2)9-10-16(12)3/h4-11,13H2,1-3H3. The maximum atomic E-state index is 12.3. The first kappa shape index (κ1) is 17.4. The Labute approximate surface area is 121 Å². The van der Waals surface area contributed by atoms with E-state index in [1.807, 2.05) is 23.9 Å². The summed E-state index contributed by atoms with van der Waals surface area (Å²) < 4.78 is 26.2. The van der Waals surface area contributed by atoms with E-state index in [4.69, 9.17) is 10.4 Å². The van der Waals surface area contributed by atoms with Crippen molar-refractivity contribution in [3.05, 3.63) is 0 Å². The molecule has 1 heterocycles. The monoisotopic (exact) mass is 306 g/mol. The van der Waals surface area contributed by atoms with E-state index >= 15 is 0 Å². The molecular weight excluding hydrogens is 279 g/mol. The molecular formula is C12H27N4O3P. The second-order valence-corrected chi connectivity index (χ2v) is 6.67. The summed E-state index contributed by atoms with van der Waals surface area (Å²) in [5, 5.41) is 0. The Morgan fingerprint density at radius 2 is 1.80 bits per heavy atom. The first-order valence-corrected chi connectivity index (χ1v) is 8.67. The summed E-state index contributed by atoms with van der Waals surface area (Å²) >= 11 is 0. The molecule has 0 amide bonds. The van der Waals surface area contributed by atoms with Gasteiger partial charge in [-0.1, -0.05) is 32.6 Å². The van der Waals surface area contributed by atoms with Crippen molar-refractivity contribution >= 4 is 13.7 Å². The van der Waals surface area contributed by atoms with Crippen LogP contribution >= 0.6 is 7.75 Å². The Bertz CT molecular complexity index is 353. The molecule has 1 atom stereocenters. The number of likely N-dealkylation sites (N-methyl/N-ethyl adjacent to an activating group) is 2. The number of nitrogens with zero attached hydrogens (tertiary/aromatic N) is 3. The Balaban J connectivity index is 2.46. The fraction of sp³-hybridized carbons (Fsp3) is 0.917. The van der Waals surface area contributed by atoms with Crippen molar-refractivity contribution < 1.29 is 13.7 Å². The van der Waals surface area contributed by atoms with Crippen LogP contribution in [-0.4, -0.2) is 49.6 Å². The molecule has 1 aliphatic rings. The molecule has 0 aromatic heterocycles. The Morgan fingerprint density at radius 3 is 2.35 bits per heavy atom. The lowest BCUT2D eigenvalue weighted by Crippen LogP contribution is -2.28. The molecule has 0 saturated carbocycles. The topological polar surface area (TPSA) is 80.4 Å². The van der Waals surface area contributed by atoms with Crippen molar-refractivity contribution in [3.63, 3.8) is 0 Å². The molecule has 0 aromatic rings. The summed E-state index contributed by atoms with van der Waals surface area (Å²) in [5.41, 5.74) is 0. The van der Waals surface area contributed by atoms with Crippen LogP contribution in [0.25, 0.3) is 0 Å². The molecule has 118 valence electrons. The molecule has 0 aromatic carbocycles. The summed E-state index contributed by atoms with van der Waals surface area (Å²) in [5.74, 6) is 5.69. The first-order valence-electron chi connectivity index (χ1n) is 7.18. The number of hydrogen-bond acceptors (Lipinski definition) is 4. The van der Waals surface area contributed by atoms with Crippen molar-refractivity contribution in [1.82, 2.24) is 9.80 Å². The minimum absolute atomic E-state index is 0.350. The smallest absolute Gasteiger partial charge is 0.344 e. The van der Waals surface area contributed by atoms with Crippen LogP contribution in [0.5, 0.6) is 0 Å². The Morgan fingerprint density at radius 1 is 1.20 bits per heavy atom. The molecule has 1 aliphatic heterocycles. The van der Waals surface area contributed by atoms with Gasteiger partial charge in [0.05, 0.1) is 6.61 Å². The molecule has 0 aliphatic carbocycles. The lowest BCUT2D eigenvalue weighted by molar-refractivity contribution is 0.204. The lowest BCUT2D eigenvalue weighted by Gasteiger charge is -2.18. The van der Waals surface area contributed by atoms with Gasteiger partial charge in [0.2, 0.25) is 5.96 Å². The van der Waals surface area contributed by atoms with Gasteiger partial charge < -0.3 is 9.80 Å². The zero-order chi connectivity index (χ0) is 15.0. The molecule has 7 nitrogen and oxygen atoms in total. The number of nitrogens with two attached hydrogens (primary N) is 1. The highest BCUT2D eigenvalue weighted by Gasteiger charge is 2.29. The van der Waals surface area contributed by atoms with Crippen LogP contribution in [-0.2, 0) is 13.7 Å². The number of hydrogen-bond donors (Lipinski definition) is 1. The van der Waals surface area contributed by atoms with Gasteiger partial charge in [0, 0.05) is 27.2 Å². The predicted molar refractivity (Wildman–Crippen MR) is 80.3 cm³/mol. The fourth-order valence-electron chi connectivity index (χ4n) is 2.02. The van der Waals surface area contributed by atoms with Gasteiger partial charge in [0.25, 0.3) is 0 Å². The van der Waals surface area contributed by atoms with Gasteiger partial charge in [-0.2, -0.15) is 0 Å². The van der Waals surface area contributed by atoms with E-state index in [0.717, 1.165) is 32.4 Å². The fourth-order valence-corrected chi connectivity index (χ4v) is 3.07. The van der Waals surface area contributed by atoms with Gasteiger partial charge in [0.1, 0.15) is 0 Å². The minimum Gasteiger partial charge on any atom is -0.344 e. The minimum atomic E-state index is -3.60. The zero-order valence-corrected chi connectivity index (χ0v) is 13.6. The quantitative estimate of drug-likeness (QED) is 0.399. The van der Waals surface area contributed by atoms with Crippen LogP contribution in [0.1, 0.15) is 39.0 Å². The highest BCUT2D eigenvalue weighted by Crippen LogP contribution is 2.48. The average molecular weight is 306 g/mol. The van der Waals surface area contributed by atoms with Crippen LogP contribution in [0.2, 0.25) is 0 Å². The molecule has 1 rings (SSSR count). The summed E-state index contributed by atoms with van der Waals surface area (Å²) in [6.45, 7) is 4.17. The molecule has 0 radical (unpaired) electrons. The largest absolute Gasteiger partial charge is 0.473 e. The summed E-state index contributed by atoms with van der Waals surface area (Å²) in [6, 6.07) is 0. The van der Waals surface area contributed by atoms with E-state index in [0.29, 0.717) is 12.6 Å². The molecule has 20 heavy (non-hydrogen) atoms. The van der Waals surface area contributed by atoms with Crippen LogP contribution in [0.4, 0.5) is 0 Å². The van der Waals surface area contributed by atoms with Crippen LogP contribution in [0.3, 0.4) is 0 Å². The molecule has 1 unspecified atom stereocenters. The molecule has 8 heteroatoms. The summed E-state index contributed by atoms with van der Waals surface area (Å²) in [7, 11) is 0.168. The van der Waals surface area contributed by atoms with Crippen molar-refractivity contribution in [2.45, 2.75) is 39.0 Å². The molecule has 1 saturated heterocycles. The van der Waals surface area contributed by atoms with Gasteiger partial charge in [-0.3, -0.25) is 4.52 Å². The van der Waals surface area contributed by atoms with Crippen molar-refractivity contribution in [2.75, 3.05) is 33.8 Å². The molecule has 0 bridgehead atoms. The van der Waals surface area contributed by atoms with Gasteiger partial charge in [0.15, 0.2) is 0 Å². The zero-order valence-electron chi connectivity index (χ0n) is 12.7. The van der Waals surface area contributed by atoms with Crippen LogP contribution in [0.15, 0.2) is 4.76 Å². The molecule has 1 fully saturated rings. The van der Waals surface area contributed by atoms with E-state index < -0.39 is 7.75 Å². The second-order valence-electron chi connectivity index (χ2n) is 5.06. The van der Waals surface area contributed by atoms with Gasteiger partial charge in [-0.15, -0.1) is 4.76 Å². The maximum absolute atomic E-state index is 12.3. The number of unbranched alkanes of at least 4 members (excludes halogenated alkanes) is 4. The third-order valence-corrected chi connectivity index (χ3v) is 4.50. The normalized spacial score (nSPS) is 18.5. The SMILES string of the molecule is CCCCCCCOP(=O)(N=C1N(C)CCN1C)ON. The van der Waals surface area contributed by atoms with Gasteiger partial charge >= 0.3 is 7.75 Å². The van der Waals surface area contributed by atoms with E-state index in [9.17, 15) is 4.57 Å². The number of rotatable bonds is 9. The first-order chi connectivity index (χ1) is 9.52. The average Bonchev–Trinajstić information content (AvgIpc) is 2.74. The Kier molecular flexibility index (Phi) is 7.51. The highest BCUT2D eigenvalue weighted by atomic mass is 31.2. The lowest BCUT2D eigenvalue weighted by atomic mass is 10.2. The second kappa shape index (κ2) is 8.62. The van der Waals surface area contributed by atoms with E-state index in [1.165, 1.54) is 12.8 Å². The third-order valence-electron chi connectivity index (χ3n) is 3.30. The van der Waals surface area contributed by atoms with Crippen molar-refractivity contribution in [1.29, 1.82) is 0 Å². The molecule has 0 spiro atoms. The van der Waals surface area contributed by atoms with E-state index in [2.05, 4.69) is 16.3 Å². The van der Waals surface area contributed by atoms with Gasteiger partial charge in [-0.25, -0.2) is 15.1 Å². The number of guanidine groups is 1. The van der Waals surface area contributed by atoms with E-state index in [1.54, 1.807) is 0 Å². The summed E-state index contributed by atoms with van der Waals surface area (Å²) in [4.78, 5) is 3.80. The van der Waals surface area contributed by atoms with Crippen molar-refractivity contribution in [3.8, 4) is 0 Å². The Hall–Kier alpha value is -0.620. The van der Waals surface area contributed by atoms with Gasteiger partial charge in [-0.05, 0) is 6.42 Å².